The molecule has 1 aliphatic heterocycles. The van der Waals surface area contributed by atoms with E-state index in [9.17, 15) is 15.2 Å². The van der Waals surface area contributed by atoms with Crippen LogP contribution in [0.2, 0.25) is 0 Å². The Kier molecular flexibility index (Phi) is 8.62. The fourth-order valence-electron chi connectivity index (χ4n) is 5.03. The first-order valence-corrected chi connectivity index (χ1v) is 13.7. The minimum Gasteiger partial charge on any atom is -0.490 e. The quantitative estimate of drug-likeness (QED) is 0.221. The Labute approximate surface area is 222 Å². The Morgan fingerprint density at radius 3 is 2.81 bits per heavy atom. The van der Waals surface area contributed by atoms with Crippen LogP contribution in [0.5, 0.6) is 5.75 Å². The third-order valence-corrected chi connectivity index (χ3v) is 8.02. The first kappa shape index (κ1) is 26.8. The van der Waals surface area contributed by atoms with Gasteiger partial charge in [-0.15, -0.1) is 0 Å². The Hall–Kier alpha value is -3.22. The first-order valence-electron chi connectivity index (χ1n) is 12.8. The van der Waals surface area contributed by atoms with E-state index in [1.807, 2.05) is 44.2 Å². The zero-order chi connectivity index (χ0) is 26.5. The maximum atomic E-state index is 12.8. The van der Waals surface area contributed by atoms with Gasteiger partial charge >= 0.3 is 6.03 Å². The number of piperidine rings is 1. The summed E-state index contributed by atoms with van der Waals surface area (Å²) in [5, 5.41) is 27.6. The van der Waals surface area contributed by atoms with Crippen LogP contribution in [0.1, 0.15) is 79.1 Å². The van der Waals surface area contributed by atoms with Gasteiger partial charge in [0.15, 0.2) is 0 Å². The molecule has 4 rings (SSSR count). The summed E-state index contributed by atoms with van der Waals surface area (Å²) < 4.78 is 5.76. The van der Waals surface area contributed by atoms with Crippen LogP contribution in [-0.4, -0.2) is 46.4 Å². The molecule has 4 N–H and O–H groups in total. The molecule has 9 heteroatoms. The molecule has 3 atom stereocenters. The Bertz CT molecular complexity index is 1210. The molecule has 1 fully saturated rings. The zero-order valence-corrected chi connectivity index (χ0v) is 22.4. The lowest BCUT2D eigenvalue weighted by molar-refractivity contribution is 0.0833. The molecule has 0 bridgehead atoms. The monoisotopic (exact) mass is 521 g/mol. The predicted molar refractivity (Wildman–Crippen MR) is 147 cm³/mol. The van der Waals surface area contributed by atoms with Crippen molar-refractivity contribution in [3.8, 4) is 11.8 Å². The molecule has 2 aromatic rings. The number of urea groups is 1. The second-order valence-corrected chi connectivity index (χ2v) is 11.2. The third kappa shape index (κ3) is 6.20. The summed E-state index contributed by atoms with van der Waals surface area (Å²) in [6, 6.07) is 13.8. The number of rotatable bonds is 6. The highest BCUT2D eigenvalue weighted by Gasteiger charge is 2.30. The highest BCUT2D eigenvalue weighted by Crippen LogP contribution is 2.39. The van der Waals surface area contributed by atoms with E-state index >= 15 is 0 Å². The van der Waals surface area contributed by atoms with Crippen molar-refractivity contribution in [2.75, 3.05) is 13.1 Å². The van der Waals surface area contributed by atoms with Gasteiger partial charge in [-0.05, 0) is 75.3 Å². The van der Waals surface area contributed by atoms with E-state index in [1.165, 1.54) is 0 Å². The number of ether oxygens (including phenoxy) is 1. The zero-order valence-electron chi connectivity index (χ0n) is 21.6. The Morgan fingerprint density at radius 2 is 2.11 bits per heavy atom. The lowest BCUT2D eigenvalue weighted by Crippen LogP contribution is -2.47. The number of benzene rings is 2. The number of hydrogen-bond donors (Lipinski definition) is 3. The molecule has 0 aromatic heterocycles. The van der Waals surface area contributed by atoms with Crippen LogP contribution in [0.4, 0.5) is 4.79 Å². The van der Waals surface area contributed by atoms with Crippen LogP contribution in [-0.2, 0) is 6.42 Å². The fourth-order valence-corrected chi connectivity index (χ4v) is 6.02. The van der Waals surface area contributed by atoms with Gasteiger partial charge in [-0.25, -0.2) is 4.79 Å². The number of thioether (sulfide) groups is 1. The number of aliphatic hydroxyl groups excluding tert-OH is 1. The summed E-state index contributed by atoms with van der Waals surface area (Å²) >= 11 is 1.55. The number of nitrogens with one attached hydrogen (secondary N) is 1. The van der Waals surface area contributed by atoms with Crippen molar-refractivity contribution >= 4 is 22.8 Å². The summed E-state index contributed by atoms with van der Waals surface area (Å²) in [6.07, 6.45) is 2.70. The number of fused-ring (bicyclic) bond motifs is 1. The molecule has 37 heavy (non-hydrogen) atoms. The molecule has 2 aliphatic rings. The summed E-state index contributed by atoms with van der Waals surface area (Å²) in [5.41, 5.74) is 4.70. The number of nitrogens with zero attached hydrogens (tertiary/aromatic N) is 3. The van der Waals surface area contributed by atoms with Crippen LogP contribution in [0.25, 0.3) is 0 Å². The van der Waals surface area contributed by atoms with Crippen molar-refractivity contribution in [3.63, 3.8) is 0 Å². The predicted octanol–water partition coefficient (Wildman–Crippen LogP) is 4.61. The molecule has 0 spiro atoms. The molecule has 1 unspecified atom stereocenters. The van der Waals surface area contributed by atoms with Crippen LogP contribution in [0.3, 0.4) is 0 Å². The van der Waals surface area contributed by atoms with Gasteiger partial charge in [0.05, 0.1) is 23.8 Å². The molecule has 1 saturated heterocycles. The minimum absolute atomic E-state index is 0.000730. The van der Waals surface area contributed by atoms with E-state index in [0.29, 0.717) is 24.4 Å². The molecule has 2 amide bonds. The average Bonchev–Trinajstić information content (AvgIpc) is 3.30. The fraction of sp³-hybridized carbons (Fsp3) is 0.464. The van der Waals surface area contributed by atoms with E-state index in [0.717, 1.165) is 53.0 Å². The lowest BCUT2D eigenvalue weighted by Gasteiger charge is -2.31. The van der Waals surface area contributed by atoms with E-state index in [-0.39, 0.29) is 23.4 Å². The second kappa shape index (κ2) is 11.9. The van der Waals surface area contributed by atoms with Gasteiger partial charge in [0.1, 0.15) is 16.9 Å². The summed E-state index contributed by atoms with van der Waals surface area (Å²) in [6.45, 7) is 6.98. The number of carbonyl (C=O) groups is 1. The summed E-state index contributed by atoms with van der Waals surface area (Å²) in [4.78, 5) is 14.5. The van der Waals surface area contributed by atoms with Gasteiger partial charge in [0.2, 0.25) is 0 Å². The number of aliphatic hydroxyl groups is 1. The summed E-state index contributed by atoms with van der Waals surface area (Å²) in [5.74, 6) is 6.46. The van der Waals surface area contributed by atoms with Gasteiger partial charge in [-0.2, -0.15) is 10.4 Å². The number of hydrazone groups is 1. The van der Waals surface area contributed by atoms with Crippen molar-refractivity contribution in [2.24, 2.45) is 10.9 Å². The lowest BCUT2D eigenvalue weighted by atomic mass is 10.0. The Balaban J connectivity index is 1.49. The van der Waals surface area contributed by atoms with Crippen molar-refractivity contribution in [2.45, 2.75) is 70.0 Å². The van der Waals surface area contributed by atoms with Gasteiger partial charge < -0.3 is 25.9 Å². The molecule has 2 aromatic carbocycles. The van der Waals surface area contributed by atoms with Crippen molar-refractivity contribution < 1.29 is 14.6 Å². The topological polar surface area (TPSA) is 124 Å². The number of nitrogens with two attached hydrogens (primary N) is 1. The molecule has 0 saturated carbocycles. The van der Waals surface area contributed by atoms with Crippen molar-refractivity contribution in [1.29, 1.82) is 5.26 Å². The van der Waals surface area contributed by atoms with E-state index in [1.54, 1.807) is 16.7 Å². The van der Waals surface area contributed by atoms with Crippen molar-refractivity contribution in [1.82, 2.24) is 10.2 Å². The number of amides is 2. The van der Waals surface area contributed by atoms with Crippen LogP contribution >= 0.6 is 11.8 Å². The molecule has 8 nitrogen and oxygen atoms in total. The smallest absolute Gasteiger partial charge is 0.317 e. The first-order chi connectivity index (χ1) is 17.8. The van der Waals surface area contributed by atoms with Gasteiger partial charge in [-0.3, -0.25) is 0 Å². The van der Waals surface area contributed by atoms with Crippen LogP contribution in [0, 0.1) is 11.3 Å². The standard InChI is InChI=1S/C28H35N5O3S/c1-17(2)36-26-12-9-19(14-20(26)15-29)18(3)37-27(32-30)24-8-4-7-23-22(24)10-11-25(23)31-28(35)33-13-5-6-21(34)16-33/h4,7-9,12,14,17-18,21,25,34H,5-6,10-11,13,16,30H2,1-3H3,(H,31,35)/b32-27+/t18?,21-,25+/m1/s1. The number of likely N-dealkylation sites (tertiary alicyclic amines) is 1. The average molecular weight is 522 g/mol. The van der Waals surface area contributed by atoms with E-state index < -0.39 is 6.10 Å². The van der Waals surface area contributed by atoms with Crippen LogP contribution < -0.4 is 15.9 Å². The molecule has 1 heterocycles. The largest absolute Gasteiger partial charge is 0.490 e. The van der Waals surface area contributed by atoms with E-state index in [2.05, 4.69) is 29.5 Å². The minimum atomic E-state index is -0.451. The molecular formula is C28H35N5O3S. The molecule has 196 valence electrons. The highest BCUT2D eigenvalue weighted by atomic mass is 32.2. The SMILES string of the molecule is CC(C)Oc1ccc(C(C)S/C(=N/N)c2cccc3c2CC[C@@H]3NC(=O)N2CCC[C@@H](O)C2)cc1C#N. The number of β-amino-alcohol motifs (C(OH)–C–C–N with tert-alkyl or cyclic N) is 1. The molecule has 0 radical (unpaired) electrons. The maximum Gasteiger partial charge on any atom is 0.317 e. The third-order valence-electron chi connectivity index (χ3n) is 6.84. The molecule has 1 aliphatic carbocycles. The van der Waals surface area contributed by atoms with Gasteiger partial charge in [-0.1, -0.05) is 36.0 Å². The summed E-state index contributed by atoms with van der Waals surface area (Å²) in [7, 11) is 0. The number of hydrogen-bond acceptors (Lipinski definition) is 7. The van der Waals surface area contributed by atoms with Crippen molar-refractivity contribution in [3.05, 3.63) is 64.2 Å². The van der Waals surface area contributed by atoms with Crippen LogP contribution in [0.15, 0.2) is 41.5 Å². The highest BCUT2D eigenvalue weighted by molar-refractivity contribution is 8.14. The van der Waals surface area contributed by atoms with E-state index in [4.69, 9.17) is 10.6 Å². The number of carbonyl (C=O) groups excluding carboxylic acids is 1. The normalized spacial score (nSPS) is 20.3. The van der Waals surface area contributed by atoms with Gasteiger partial charge in [0, 0.05) is 23.9 Å². The Morgan fingerprint density at radius 1 is 1.30 bits per heavy atom. The molecular weight excluding hydrogens is 486 g/mol. The number of nitriles is 1. The maximum absolute atomic E-state index is 12.8. The second-order valence-electron chi connectivity index (χ2n) is 9.88. The van der Waals surface area contributed by atoms with Gasteiger partial charge in [0.25, 0.3) is 0 Å².